The molecule has 1 aromatic carbocycles. The Morgan fingerprint density at radius 3 is 2.64 bits per heavy atom. The zero-order valence-corrected chi connectivity index (χ0v) is 17.5. The van der Waals surface area contributed by atoms with Crippen molar-refractivity contribution in [3.8, 4) is 5.75 Å². The van der Waals surface area contributed by atoms with Crippen molar-refractivity contribution in [2.75, 3.05) is 53.0 Å². The fourth-order valence-electron chi connectivity index (χ4n) is 4.10. The lowest BCUT2D eigenvalue weighted by atomic mass is 10.1. The summed E-state index contributed by atoms with van der Waals surface area (Å²) in [6.07, 6.45) is 4.86. The van der Waals surface area contributed by atoms with Gasteiger partial charge < -0.3 is 19.7 Å². The summed E-state index contributed by atoms with van der Waals surface area (Å²) in [4.78, 5) is 9.91. The second-order valence-electron chi connectivity index (χ2n) is 7.64. The average molecular weight is 389 g/mol. The van der Waals surface area contributed by atoms with Crippen LogP contribution in [0.15, 0.2) is 35.3 Å². The van der Waals surface area contributed by atoms with E-state index in [-0.39, 0.29) is 0 Å². The van der Waals surface area contributed by atoms with Crippen LogP contribution in [0.3, 0.4) is 0 Å². The normalized spacial score (nSPS) is 21.9. The topological polar surface area (TPSA) is 49.3 Å². The number of rotatable bonds is 8. The molecule has 6 nitrogen and oxygen atoms in total. The van der Waals surface area contributed by atoms with E-state index in [0.29, 0.717) is 12.1 Å². The molecule has 2 heterocycles. The minimum absolute atomic E-state index is 0.292. The maximum atomic E-state index is 6.13. The molecule has 6 heteroatoms. The summed E-state index contributed by atoms with van der Waals surface area (Å²) >= 11 is 0. The Bertz CT molecular complexity index is 587. The van der Waals surface area contributed by atoms with Crippen LogP contribution in [0, 0.1) is 0 Å². The highest BCUT2D eigenvalue weighted by atomic mass is 16.5. The first-order valence-corrected chi connectivity index (χ1v) is 10.8. The van der Waals surface area contributed by atoms with Gasteiger partial charge >= 0.3 is 0 Å². The van der Waals surface area contributed by atoms with Gasteiger partial charge in [0.2, 0.25) is 0 Å². The Hall–Kier alpha value is -1.79. The van der Waals surface area contributed by atoms with Gasteiger partial charge in [0.15, 0.2) is 5.96 Å². The van der Waals surface area contributed by atoms with Crippen molar-refractivity contribution >= 4 is 5.96 Å². The Balaban J connectivity index is 1.50. The third-order valence-corrected chi connectivity index (χ3v) is 5.66. The van der Waals surface area contributed by atoms with E-state index in [2.05, 4.69) is 22.0 Å². The molecule has 0 aromatic heterocycles. The van der Waals surface area contributed by atoms with E-state index < -0.39 is 0 Å². The molecule has 0 spiro atoms. The highest BCUT2D eigenvalue weighted by Gasteiger charge is 2.26. The van der Waals surface area contributed by atoms with Gasteiger partial charge in [0.25, 0.3) is 0 Å². The Labute approximate surface area is 169 Å². The van der Waals surface area contributed by atoms with Crippen molar-refractivity contribution in [2.24, 2.45) is 4.99 Å². The number of para-hydroxylation sites is 1. The summed E-state index contributed by atoms with van der Waals surface area (Å²) in [5.74, 6) is 2.03. The molecule has 2 fully saturated rings. The lowest BCUT2D eigenvalue weighted by Crippen LogP contribution is -2.48. The molecule has 2 aliphatic heterocycles. The van der Waals surface area contributed by atoms with Crippen molar-refractivity contribution in [1.29, 1.82) is 0 Å². The molecule has 0 saturated carbocycles. The molecule has 1 N–H and O–H groups in total. The van der Waals surface area contributed by atoms with Gasteiger partial charge in [-0.1, -0.05) is 18.2 Å². The summed E-state index contributed by atoms with van der Waals surface area (Å²) in [5.41, 5.74) is 0. The van der Waals surface area contributed by atoms with E-state index in [4.69, 9.17) is 14.5 Å². The molecule has 1 aromatic rings. The monoisotopic (exact) mass is 388 g/mol. The number of benzene rings is 1. The Morgan fingerprint density at radius 2 is 1.93 bits per heavy atom. The summed E-state index contributed by atoms with van der Waals surface area (Å²) in [5, 5.41) is 3.49. The lowest BCUT2D eigenvalue weighted by molar-refractivity contribution is 0.129. The molecule has 2 aliphatic rings. The van der Waals surface area contributed by atoms with Crippen LogP contribution in [0.5, 0.6) is 5.75 Å². The van der Waals surface area contributed by atoms with E-state index >= 15 is 0 Å². The third-order valence-electron chi connectivity index (χ3n) is 5.66. The van der Waals surface area contributed by atoms with Crippen molar-refractivity contribution < 1.29 is 9.47 Å². The number of hydrogen-bond acceptors (Lipinski definition) is 4. The van der Waals surface area contributed by atoms with Gasteiger partial charge in [-0.05, 0) is 38.4 Å². The third kappa shape index (κ3) is 6.11. The van der Waals surface area contributed by atoms with Crippen LogP contribution in [0.4, 0.5) is 0 Å². The first-order valence-electron chi connectivity index (χ1n) is 10.8. The van der Waals surface area contributed by atoms with Crippen molar-refractivity contribution in [3.63, 3.8) is 0 Å². The van der Waals surface area contributed by atoms with Crippen molar-refractivity contribution in [1.82, 2.24) is 15.1 Å². The van der Waals surface area contributed by atoms with E-state index in [1.165, 1.54) is 19.4 Å². The Kier molecular flexibility index (Phi) is 8.42. The number of guanidine groups is 1. The first-order chi connectivity index (χ1) is 13.8. The maximum absolute atomic E-state index is 6.13. The molecule has 28 heavy (non-hydrogen) atoms. The zero-order chi connectivity index (χ0) is 19.6. The highest BCUT2D eigenvalue weighted by Crippen LogP contribution is 2.20. The Morgan fingerprint density at radius 1 is 1.14 bits per heavy atom. The molecular formula is C22H36N4O2. The lowest BCUT2D eigenvalue weighted by Gasteiger charge is -2.34. The molecule has 1 unspecified atom stereocenters. The van der Waals surface area contributed by atoms with Crippen LogP contribution in [0.2, 0.25) is 0 Å². The quantitative estimate of drug-likeness (QED) is 0.548. The number of nitrogens with one attached hydrogen (secondary N) is 1. The van der Waals surface area contributed by atoms with Gasteiger partial charge in [0.1, 0.15) is 11.9 Å². The van der Waals surface area contributed by atoms with E-state index in [1.54, 1.807) is 7.11 Å². The molecule has 0 aliphatic carbocycles. The molecular weight excluding hydrogens is 352 g/mol. The van der Waals surface area contributed by atoms with Gasteiger partial charge in [0.05, 0.1) is 13.2 Å². The van der Waals surface area contributed by atoms with Crippen LogP contribution in [0.1, 0.15) is 32.6 Å². The fourth-order valence-corrected chi connectivity index (χ4v) is 4.10. The van der Waals surface area contributed by atoms with E-state index in [9.17, 15) is 0 Å². The largest absolute Gasteiger partial charge is 0.490 e. The van der Waals surface area contributed by atoms with Gasteiger partial charge in [-0.3, -0.25) is 9.89 Å². The SMILES string of the molecule is CCNC(=NCC1CCCN1CCOC)N1CCC(Oc2ccccc2)CC1. The number of nitrogens with zero attached hydrogens (tertiary/aromatic N) is 3. The van der Waals surface area contributed by atoms with Crippen molar-refractivity contribution in [2.45, 2.75) is 44.8 Å². The summed E-state index contributed by atoms with van der Waals surface area (Å²) in [6.45, 7) is 8.86. The van der Waals surface area contributed by atoms with Crippen LogP contribution in [0.25, 0.3) is 0 Å². The predicted octanol–water partition coefficient (Wildman–Crippen LogP) is 2.61. The average Bonchev–Trinajstić information content (AvgIpc) is 3.18. The number of likely N-dealkylation sites (tertiary alicyclic amines) is 2. The summed E-state index contributed by atoms with van der Waals surface area (Å²) in [7, 11) is 1.78. The molecule has 0 radical (unpaired) electrons. The molecule has 2 saturated heterocycles. The minimum Gasteiger partial charge on any atom is -0.490 e. The highest BCUT2D eigenvalue weighted by molar-refractivity contribution is 5.80. The standard InChI is InChI=1S/C22H36N4O2/c1-3-23-22(24-18-19-8-7-13-25(19)16-17-27-2)26-14-11-21(12-15-26)28-20-9-5-4-6-10-20/h4-6,9-10,19,21H,3,7-8,11-18H2,1-2H3,(H,23,24). The summed E-state index contributed by atoms with van der Waals surface area (Å²) < 4.78 is 11.4. The van der Waals surface area contributed by atoms with E-state index in [1.807, 2.05) is 30.3 Å². The van der Waals surface area contributed by atoms with E-state index in [0.717, 1.165) is 63.9 Å². The number of aliphatic imine (C=N–C) groups is 1. The molecule has 0 bridgehead atoms. The van der Waals surface area contributed by atoms with Crippen LogP contribution in [-0.4, -0.2) is 80.9 Å². The minimum atomic E-state index is 0.292. The van der Waals surface area contributed by atoms with Gasteiger partial charge in [0, 0.05) is 52.2 Å². The van der Waals surface area contributed by atoms with Crippen LogP contribution >= 0.6 is 0 Å². The van der Waals surface area contributed by atoms with Gasteiger partial charge in [-0.2, -0.15) is 0 Å². The number of ether oxygens (including phenoxy) is 2. The smallest absolute Gasteiger partial charge is 0.193 e. The number of methoxy groups -OCH3 is 1. The summed E-state index contributed by atoms with van der Waals surface area (Å²) in [6, 6.07) is 10.7. The number of hydrogen-bond donors (Lipinski definition) is 1. The predicted molar refractivity (Wildman–Crippen MR) is 114 cm³/mol. The maximum Gasteiger partial charge on any atom is 0.193 e. The van der Waals surface area contributed by atoms with Crippen LogP contribution in [-0.2, 0) is 4.74 Å². The second-order valence-corrected chi connectivity index (χ2v) is 7.64. The zero-order valence-electron chi connectivity index (χ0n) is 17.5. The molecule has 3 rings (SSSR count). The molecule has 0 amide bonds. The van der Waals surface area contributed by atoms with Gasteiger partial charge in [-0.15, -0.1) is 0 Å². The second kappa shape index (κ2) is 11.3. The van der Waals surface area contributed by atoms with Crippen molar-refractivity contribution in [3.05, 3.63) is 30.3 Å². The van der Waals surface area contributed by atoms with Gasteiger partial charge in [-0.25, -0.2) is 0 Å². The first kappa shape index (κ1) is 20.9. The molecule has 156 valence electrons. The van der Waals surface area contributed by atoms with Crippen LogP contribution < -0.4 is 10.1 Å². The molecule has 1 atom stereocenters. The fraction of sp³-hybridized carbons (Fsp3) is 0.682. The number of piperidine rings is 1.